The smallest absolute Gasteiger partial charge is 0.164 e. The molecule has 0 N–H and O–H groups in total. The lowest BCUT2D eigenvalue weighted by molar-refractivity contribution is 1.07. The van der Waals surface area contributed by atoms with Crippen LogP contribution in [0.3, 0.4) is 0 Å². The van der Waals surface area contributed by atoms with E-state index >= 15 is 0 Å². The quantitative estimate of drug-likeness (QED) is 0.154. The zero-order valence-corrected chi connectivity index (χ0v) is 30.0. The van der Waals surface area contributed by atoms with Crippen molar-refractivity contribution in [2.75, 3.05) is 0 Å². The van der Waals surface area contributed by atoms with Gasteiger partial charge in [0.25, 0.3) is 0 Å². The molecule has 0 atom stereocenters. The molecule has 0 amide bonds. The van der Waals surface area contributed by atoms with Gasteiger partial charge in [0.15, 0.2) is 34.9 Å². The van der Waals surface area contributed by atoms with Crippen LogP contribution in [0.25, 0.3) is 90.6 Å². The number of hydrogen-bond donors (Lipinski definition) is 0. The van der Waals surface area contributed by atoms with Gasteiger partial charge in [-0.05, 0) is 28.8 Å². The molecule has 0 aliphatic heterocycles. The molecule has 0 saturated carbocycles. The Balaban J connectivity index is 1.12. The molecular formula is C49H31N7. The first-order valence-electron chi connectivity index (χ1n) is 18.2. The van der Waals surface area contributed by atoms with E-state index in [1.54, 1.807) is 0 Å². The molecule has 7 heteroatoms. The average molecular weight is 718 g/mol. The molecule has 9 aromatic rings. The zero-order chi connectivity index (χ0) is 37.7. The van der Waals surface area contributed by atoms with Crippen LogP contribution in [0.2, 0.25) is 0 Å². The van der Waals surface area contributed by atoms with E-state index in [1.807, 2.05) is 176 Å². The second-order valence-corrected chi connectivity index (χ2v) is 13.1. The zero-order valence-electron chi connectivity index (χ0n) is 30.0. The van der Waals surface area contributed by atoms with Gasteiger partial charge in [0, 0.05) is 38.9 Å². The second kappa shape index (κ2) is 15.2. The predicted molar refractivity (Wildman–Crippen MR) is 221 cm³/mol. The van der Waals surface area contributed by atoms with Crippen molar-refractivity contribution < 1.29 is 0 Å². The second-order valence-electron chi connectivity index (χ2n) is 13.1. The summed E-state index contributed by atoms with van der Waals surface area (Å²) >= 11 is 0. The molecule has 2 heterocycles. The number of aromatic nitrogens is 6. The van der Waals surface area contributed by atoms with Crippen LogP contribution >= 0.6 is 0 Å². The third kappa shape index (κ3) is 6.94. The maximum Gasteiger partial charge on any atom is 0.164 e. The molecular weight excluding hydrogens is 687 g/mol. The monoisotopic (exact) mass is 717 g/mol. The van der Waals surface area contributed by atoms with Gasteiger partial charge in [-0.1, -0.05) is 176 Å². The summed E-state index contributed by atoms with van der Waals surface area (Å²) in [6.07, 6.45) is 0. The van der Waals surface area contributed by atoms with Crippen LogP contribution in [0, 0.1) is 11.3 Å². The molecule has 0 bridgehead atoms. The van der Waals surface area contributed by atoms with Crippen molar-refractivity contribution in [3.8, 4) is 96.7 Å². The van der Waals surface area contributed by atoms with Crippen molar-refractivity contribution in [1.82, 2.24) is 29.9 Å². The van der Waals surface area contributed by atoms with E-state index in [9.17, 15) is 5.26 Å². The minimum atomic E-state index is 0.559. The summed E-state index contributed by atoms with van der Waals surface area (Å²) in [5.74, 6) is 3.51. The van der Waals surface area contributed by atoms with Crippen LogP contribution in [-0.4, -0.2) is 29.9 Å². The van der Waals surface area contributed by atoms with Crippen LogP contribution in [0.1, 0.15) is 5.56 Å². The summed E-state index contributed by atoms with van der Waals surface area (Å²) in [6.45, 7) is 0. The van der Waals surface area contributed by atoms with Crippen molar-refractivity contribution >= 4 is 0 Å². The Bertz CT molecular complexity index is 2720. The van der Waals surface area contributed by atoms with Gasteiger partial charge in [0.2, 0.25) is 0 Å². The minimum absolute atomic E-state index is 0.559. The molecule has 9 rings (SSSR count). The lowest BCUT2D eigenvalue weighted by atomic mass is 9.90. The van der Waals surface area contributed by atoms with Crippen molar-refractivity contribution in [2.24, 2.45) is 0 Å². The van der Waals surface area contributed by atoms with Gasteiger partial charge in [-0.25, -0.2) is 29.9 Å². The topological polar surface area (TPSA) is 101 Å². The fourth-order valence-electron chi connectivity index (χ4n) is 6.68. The van der Waals surface area contributed by atoms with Crippen molar-refractivity contribution in [3.05, 3.63) is 194 Å². The van der Waals surface area contributed by atoms with Gasteiger partial charge < -0.3 is 0 Å². The average Bonchev–Trinajstić information content (AvgIpc) is 3.29. The number of hydrogen-bond acceptors (Lipinski definition) is 7. The molecule has 0 saturated heterocycles. The standard InChI is InChI=1S/C49H31N7/c50-32-41-25-14-26-42(39-23-13-24-40(31-39)49-55-46(36-19-9-3-10-20-36)52-47(56-49)37-21-11-4-12-22-37)43(41)33-27-29-38(30-28-33)48-53-44(34-15-5-1-6-16-34)51-45(54-48)35-17-7-2-8-18-35/h1-31H. The van der Waals surface area contributed by atoms with E-state index < -0.39 is 0 Å². The third-order valence-corrected chi connectivity index (χ3v) is 9.45. The predicted octanol–water partition coefficient (Wildman–Crippen LogP) is 11.3. The van der Waals surface area contributed by atoms with Crippen LogP contribution in [-0.2, 0) is 0 Å². The van der Waals surface area contributed by atoms with E-state index in [0.29, 0.717) is 40.5 Å². The largest absolute Gasteiger partial charge is 0.208 e. The summed E-state index contributed by atoms with van der Waals surface area (Å²) in [7, 11) is 0. The van der Waals surface area contributed by atoms with Crippen molar-refractivity contribution in [1.29, 1.82) is 5.26 Å². The molecule has 0 spiro atoms. The highest BCUT2D eigenvalue weighted by molar-refractivity contribution is 5.89. The normalized spacial score (nSPS) is 10.8. The van der Waals surface area contributed by atoms with Crippen molar-refractivity contribution in [2.45, 2.75) is 0 Å². The Labute approximate surface area is 324 Å². The van der Waals surface area contributed by atoms with Gasteiger partial charge in [-0.2, -0.15) is 5.26 Å². The van der Waals surface area contributed by atoms with E-state index in [2.05, 4.69) is 18.2 Å². The highest BCUT2D eigenvalue weighted by Crippen LogP contribution is 2.37. The Morgan fingerprint density at radius 2 is 0.607 bits per heavy atom. The first kappa shape index (κ1) is 33.9. The fourth-order valence-corrected chi connectivity index (χ4v) is 6.68. The van der Waals surface area contributed by atoms with E-state index in [0.717, 1.165) is 55.6 Å². The van der Waals surface area contributed by atoms with Crippen LogP contribution in [0.5, 0.6) is 0 Å². The Hall–Kier alpha value is -7.95. The highest BCUT2D eigenvalue weighted by atomic mass is 15.0. The summed E-state index contributed by atoms with van der Waals surface area (Å²) < 4.78 is 0. The highest BCUT2D eigenvalue weighted by Gasteiger charge is 2.17. The lowest BCUT2D eigenvalue weighted by Gasteiger charge is -2.14. The Kier molecular flexibility index (Phi) is 9.18. The van der Waals surface area contributed by atoms with Crippen molar-refractivity contribution in [3.63, 3.8) is 0 Å². The van der Waals surface area contributed by atoms with Crippen LogP contribution in [0.15, 0.2) is 188 Å². The van der Waals surface area contributed by atoms with Crippen LogP contribution < -0.4 is 0 Å². The SMILES string of the molecule is N#Cc1cccc(-c2cccc(-c3nc(-c4ccccc4)nc(-c4ccccc4)n3)c2)c1-c1ccc(-c2nc(-c3ccccc3)nc(-c3ccccc3)n2)cc1. The summed E-state index contributed by atoms with van der Waals surface area (Å²) in [6, 6.07) is 64.2. The molecule has 0 aliphatic carbocycles. The van der Waals surface area contributed by atoms with Gasteiger partial charge in [-0.15, -0.1) is 0 Å². The van der Waals surface area contributed by atoms with Gasteiger partial charge in [-0.3, -0.25) is 0 Å². The third-order valence-electron chi connectivity index (χ3n) is 9.45. The van der Waals surface area contributed by atoms with E-state index in [-0.39, 0.29) is 0 Å². The first-order chi connectivity index (χ1) is 27.7. The fraction of sp³-hybridized carbons (Fsp3) is 0. The number of benzene rings is 7. The number of nitrogens with zero attached hydrogens (tertiary/aromatic N) is 7. The van der Waals surface area contributed by atoms with E-state index in [4.69, 9.17) is 29.9 Å². The minimum Gasteiger partial charge on any atom is -0.208 e. The summed E-state index contributed by atoms with van der Waals surface area (Å²) in [5.41, 5.74) is 9.42. The number of nitriles is 1. The maximum absolute atomic E-state index is 10.4. The molecule has 0 unspecified atom stereocenters. The molecule has 7 nitrogen and oxygen atoms in total. The van der Waals surface area contributed by atoms with Crippen LogP contribution in [0.4, 0.5) is 0 Å². The molecule has 0 fully saturated rings. The molecule has 7 aromatic carbocycles. The summed E-state index contributed by atoms with van der Waals surface area (Å²) in [5, 5.41) is 10.4. The van der Waals surface area contributed by atoms with E-state index in [1.165, 1.54) is 0 Å². The van der Waals surface area contributed by atoms with Gasteiger partial charge in [0.05, 0.1) is 11.6 Å². The molecule has 56 heavy (non-hydrogen) atoms. The molecule has 2 aromatic heterocycles. The summed E-state index contributed by atoms with van der Waals surface area (Å²) in [4.78, 5) is 29.4. The lowest BCUT2D eigenvalue weighted by Crippen LogP contribution is -2.00. The molecule has 0 aliphatic rings. The molecule has 262 valence electrons. The Morgan fingerprint density at radius 1 is 0.286 bits per heavy atom. The van der Waals surface area contributed by atoms with Gasteiger partial charge >= 0.3 is 0 Å². The maximum atomic E-state index is 10.4. The number of rotatable bonds is 8. The molecule has 0 radical (unpaired) electrons. The van der Waals surface area contributed by atoms with Gasteiger partial charge in [0.1, 0.15) is 0 Å². The Morgan fingerprint density at radius 3 is 1.02 bits per heavy atom. The first-order valence-corrected chi connectivity index (χ1v) is 18.2.